The van der Waals surface area contributed by atoms with Crippen molar-refractivity contribution in [2.75, 3.05) is 32.0 Å². The minimum Gasteiger partial charge on any atom is -0.324 e. The number of halogens is 2. The molecule has 1 unspecified atom stereocenters. The molecule has 1 saturated heterocycles. The third kappa shape index (κ3) is 4.89. The summed E-state index contributed by atoms with van der Waals surface area (Å²) in [5, 5.41) is 5.38. The van der Waals surface area contributed by atoms with Crippen molar-refractivity contribution in [1.82, 2.24) is 9.62 Å². The highest BCUT2D eigenvalue weighted by molar-refractivity contribution is 7.89. The number of rotatable bonds is 5. The van der Waals surface area contributed by atoms with Gasteiger partial charge in [-0.05, 0) is 50.6 Å². The first-order valence-corrected chi connectivity index (χ1v) is 9.00. The highest BCUT2D eigenvalue weighted by Gasteiger charge is 2.30. The lowest BCUT2D eigenvalue weighted by Gasteiger charge is -2.32. The summed E-state index contributed by atoms with van der Waals surface area (Å²) in [4.78, 5) is 11.1. The van der Waals surface area contributed by atoms with Gasteiger partial charge in [0.15, 0.2) is 0 Å². The summed E-state index contributed by atoms with van der Waals surface area (Å²) in [7, 11) is -1.86. The van der Waals surface area contributed by atoms with Crippen LogP contribution in [-0.2, 0) is 14.8 Å². The fourth-order valence-electron chi connectivity index (χ4n) is 2.80. The molecule has 9 heteroatoms. The van der Waals surface area contributed by atoms with Crippen LogP contribution in [0.2, 0.25) is 0 Å². The first-order valence-electron chi connectivity index (χ1n) is 7.56. The van der Waals surface area contributed by atoms with Crippen molar-refractivity contribution in [3.05, 3.63) is 24.0 Å². The van der Waals surface area contributed by atoms with E-state index in [2.05, 4.69) is 10.6 Å². The van der Waals surface area contributed by atoms with Crippen molar-refractivity contribution in [3.8, 4) is 0 Å². The Kier molecular flexibility index (Phi) is 7.59. The van der Waals surface area contributed by atoms with Crippen LogP contribution >= 0.6 is 12.4 Å². The van der Waals surface area contributed by atoms with E-state index in [4.69, 9.17) is 0 Å². The molecule has 1 aromatic carbocycles. The number of hydrogen-bond donors (Lipinski definition) is 2. The fraction of sp³-hybridized carbons (Fsp3) is 0.533. The molecule has 0 spiro atoms. The quantitative estimate of drug-likeness (QED) is 0.818. The highest BCUT2D eigenvalue weighted by Crippen LogP contribution is 2.26. The van der Waals surface area contributed by atoms with Crippen molar-refractivity contribution < 1.29 is 17.6 Å². The molecule has 2 rings (SSSR count). The average molecular weight is 380 g/mol. The van der Waals surface area contributed by atoms with Gasteiger partial charge in [0.25, 0.3) is 0 Å². The van der Waals surface area contributed by atoms with Gasteiger partial charge < -0.3 is 10.6 Å². The number of nitrogens with one attached hydrogen (secondary N) is 2. The molecule has 0 aromatic heterocycles. The largest absolute Gasteiger partial charge is 0.324 e. The maximum Gasteiger partial charge on any atom is 0.243 e. The first-order chi connectivity index (χ1) is 10.8. The summed E-state index contributed by atoms with van der Waals surface area (Å²) in [5.74, 6) is -0.852. The Morgan fingerprint density at radius 1 is 1.42 bits per heavy atom. The SMILES string of the molecule is CNCC1CCCN(S(=O)(=O)c2ccc(F)c(NC(C)=O)c2)C1.Cl. The minimum atomic E-state index is -3.70. The maximum atomic E-state index is 13.7. The van der Waals surface area contributed by atoms with E-state index in [0.29, 0.717) is 13.1 Å². The third-order valence-corrected chi connectivity index (χ3v) is 5.72. The number of benzene rings is 1. The van der Waals surface area contributed by atoms with Crippen LogP contribution in [0.5, 0.6) is 0 Å². The predicted molar refractivity (Wildman–Crippen MR) is 93.4 cm³/mol. The number of amides is 1. The van der Waals surface area contributed by atoms with Gasteiger partial charge in [-0.15, -0.1) is 12.4 Å². The summed E-state index contributed by atoms with van der Waals surface area (Å²) < 4.78 is 40.6. The molecule has 0 bridgehead atoms. The van der Waals surface area contributed by atoms with Crippen molar-refractivity contribution >= 4 is 34.0 Å². The van der Waals surface area contributed by atoms with Crippen molar-refractivity contribution in [2.24, 2.45) is 5.92 Å². The van der Waals surface area contributed by atoms with Crippen molar-refractivity contribution in [1.29, 1.82) is 0 Å². The van der Waals surface area contributed by atoms with Crippen molar-refractivity contribution in [2.45, 2.75) is 24.7 Å². The zero-order chi connectivity index (χ0) is 17.0. The number of nitrogens with zero attached hydrogens (tertiary/aromatic N) is 1. The number of anilines is 1. The lowest BCUT2D eigenvalue weighted by molar-refractivity contribution is -0.114. The molecule has 0 aliphatic carbocycles. The second kappa shape index (κ2) is 8.75. The van der Waals surface area contributed by atoms with Gasteiger partial charge in [0.2, 0.25) is 15.9 Å². The smallest absolute Gasteiger partial charge is 0.243 e. The highest BCUT2D eigenvalue weighted by atomic mass is 35.5. The Morgan fingerprint density at radius 3 is 2.75 bits per heavy atom. The summed E-state index contributed by atoms with van der Waals surface area (Å²) >= 11 is 0. The number of carbonyl (C=O) groups is 1. The normalized spacial score (nSPS) is 18.7. The number of piperidine rings is 1. The van der Waals surface area contributed by atoms with E-state index in [0.717, 1.165) is 25.5 Å². The zero-order valence-electron chi connectivity index (χ0n) is 13.7. The molecule has 0 radical (unpaired) electrons. The summed E-state index contributed by atoms with van der Waals surface area (Å²) in [6, 6.07) is 3.47. The number of sulfonamides is 1. The van der Waals surface area contributed by atoms with Crippen LogP contribution in [0.4, 0.5) is 10.1 Å². The number of hydrogen-bond acceptors (Lipinski definition) is 4. The summed E-state index contributed by atoms with van der Waals surface area (Å²) in [6.07, 6.45) is 1.78. The van der Waals surface area contributed by atoms with Gasteiger partial charge >= 0.3 is 0 Å². The Bertz CT molecular complexity index is 683. The van der Waals surface area contributed by atoms with E-state index in [1.807, 2.05) is 7.05 Å². The van der Waals surface area contributed by atoms with Crippen LogP contribution in [0.1, 0.15) is 19.8 Å². The molecule has 1 aromatic rings. The topological polar surface area (TPSA) is 78.5 Å². The molecule has 0 saturated carbocycles. The summed E-state index contributed by atoms with van der Waals surface area (Å²) in [5.41, 5.74) is -0.123. The summed E-state index contributed by atoms with van der Waals surface area (Å²) in [6.45, 7) is 2.89. The number of carbonyl (C=O) groups excluding carboxylic acids is 1. The Hall–Kier alpha value is -1.22. The lowest BCUT2D eigenvalue weighted by Crippen LogP contribution is -2.42. The molecule has 1 aliphatic heterocycles. The maximum absolute atomic E-state index is 13.7. The van der Waals surface area contributed by atoms with E-state index in [-0.39, 0.29) is 28.9 Å². The molecule has 2 N–H and O–H groups in total. The van der Waals surface area contributed by atoms with Gasteiger partial charge in [-0.1, -0.05) is 0 Å². The zero-order valence-corrected chi connectivity index (χ0v) is 15.3. The molecule has 1 amide bonds. The standard InChI is InChI=1S/C15H22FN3O3S.ClH/c1-11(20)18-15-8-13(5-6-14(15)16)23(21,22)19-7-3-4-12(10-19)9-17-2;/h5-6,8,12,17H,3-4,7,9-10H2,1-2H3,(H,18,20);1H. The Morgan fingerprint density at radius 2 is 2.12 bits per heavy atom. The third-order valence-electron chi connectivity index (χ3n) is 3.86. The molecular weight excluding hydrogens is 357 g/mol. The van der Waals surface area contributed by atoms with Gasteiger partial charge in [0.05, 0.1) is 10.6 Å². The van der Waals surface area contributed by atoms with Gasteiger partial charge in [-0.2, -0.15) is 4.31 Å². The molecule has 136 valence electrons. The second-order valence-corrected chi connectivity index (χ2v) is 7.69. The fourth-order valence-corrected chi connectivity index (χ4v) is 4.38. The first kappa shape index (κ1) is 20.8. The Balaban J connectivity index is 0.00000288. The van der Waals surface area contributed by atoms with Crippen molar-refractivity contribution in [3.63, 3.8) is 0 Å². The van der Waals surface area contributed by atoms with E-state index < -0.39 is 21.7 Å². The molecule has 1 fully saturated rings. The van der Waals surface area contributed by atoms with Gasteiger partial charge in [-0.3, -0.25) is 4.79 Å². The van der Waals surface area contributed by atoms with Crippen LogP contribution < -0.4 is 10.6 Å². The lowest BCUT2D eigenvalue weighted by atomic mass is 10.00. The molecule has 1 aliphatic rings. The molecular formula is C15H23ClFN3O3S. The van der Waals surface area contributed by atoms with Gasteiger partial charge in [0, 0.05) is 20.0 Å². The van der Waals surface area contributed by atoms with Crippen LogP contribution in [0.25, 0.3) is 0 Å². The molecule has 1 heterocycles. The second-order valence-electron chi connectivity index (χ2n) is 5.75. The van der Waals surface area contributed by atoms with Crippen LogP contribution in [-0.4, -0.2) is 45.3 Å². The van der Waals surface area contributed by atoms with E-state index in [1.54, 1.807) is 0 Å². The van der Waals surface area contributed by atoms with Crippen LogP contribution in [0.3, 0.4) is 0 Å². The average Bonchev–Trinajstić information content (AvgIpc) is 2.49. The Labute approximate surface area is 148 Å². The predicted octanol–water partition coefficient (Wildman–Crippen LogP) is 1.83. The molecule has 1 atom stereocenters. The molecule has 6 nitrogen and oxygen atoms in total. The monoisotopic (exact) mass is 379 g/mol. The van der Waals surface area contributed by atoms with Crippen LogP contribution in [0, 0.1) is 11.7 Å². The van der Waals surface area contributed by atoms with E-state index in [1.165, 1.54) is 23.4 Å². The van der Waals surface area contributed by atoms with Crippen LogP contribution in [0.15, 0.2) is 23.1 Å². The van der Waals surface area contributed by atoms with E-state index >= 15 is 0 Å². The van der Waals surface area contributed by atoms with E-state index in [9.17, 15) is 17.6 Å². The molecule has 24 heavy (non-hydrogen) atoms. The van der Waals surface area contributed by atoms with Gasteiger partial charge in [-0.25, -0.2) is 12.8 Å². The van der Waals surface area contributed by atoms with Gasteiger partial charge in [0.1, 0.15) is 5.82 Å². The minimum absolute atomic E-state index is 0.